The second kappa shape index (κ2) is 6.52. The van der Waals surface area contributed by atoms with Crippen molar-refractivity contribution in [3.8, 4) is 11.5 Å². The smallest absolute Gasteiger partial charge is 0.226 e. The fraction of sp³-hybridized carbons (Fsp3) is 0.167. The summed E-state index contributed by atoms with van der Waals surface area (Å²) in [4.78, 5) is 22.0. The molecule has 0 aliphatic carbocycles. The first kappa shape index (κ1) is 15.6. The second-order valence-electron chi connectivity index (χ2n) is 5.67. The van der Waals surface area contributed by atoms with Gasteiger partial charge in [0, 0.05) is 23.3 Å². The Labute approximate surface area is 148 Å². The number of nitrogens with zero attached hydrogens (tertiary/aromatic N) is 3. The van der Waals surface area contributed by atoms with Crippen LogP contribution in [0.2, 0.25) is 0 Å². The Balaban J connectivity index is 1.40. The number of oxazole rings is 1. The number of imidazole rings is 1. The van der Waals surface area contributed by atoms with Gasteiger partial charge >= 0.3 is 0 Å². The molecule has 1 amide bonds. The van der Waals surface area contributed by atoms with Crippen molar-refractivity contribution in [2.75, 3.05) is 0 Å². The zero-order valence-corrected chi connectivity index (χ0v) is 14.4. The van der Waals surface area contributed by atoms with Crippen LogP contribution in [0.25, 0.3) is 16.4 Å². The van der Waals surface area contributed by atoms with Crippen LogP contribution in [0.1, 0.15) is 17.1 Å². The number of rotatable bonds is 5. The van der Waals surface area contributed by atoms with E-state index in [1.54, 1.807) is 11.3 Å². The fourth-order valence-electron chi connectivity index (χ4n) is 2.56. The minimum atomic E-state index is -0.104. The highest BCUT2D eigenvalue weighted by Crippen LogP contribution is 2.21. The third-order valence-electron chi connectivity index (χ3n) is 3.85. The highest BCUT2D eigenvalue weighted by atomic mass is 32.1. The molecule has 0 bridgehead atoms. The number of carbonyl (C=O) groups is 1. The van der Waals surface area contributed by atoms with Crippen molar-refractivity contribution in [1.29, 1.82) is 0 Å². The third kappa shape index (κ3) is 3.32. The van der Waals surface area contributed by atoms with Crippen LogP contribution in [0, 0.1) is 6.92 Å². The van der Waals surface area contributed by atoms with E-state index in [1.165, 1.54) is 0 Å². The summed E-state index contributed by atoms with van der Waals surface area (Å²) < 4.78 is 7.63. The minimum Gasteiger partial charge on any atom is -0.441 e. The lowest BCUT2D eigenvalue weighted by molar-refractivity contribution is -0.120. The van der Waals surface area contributed by atoms with Crippen LogP contribution >= 0.6 is 11.3 Å². The highest BCUT2D eigenvalue weighted by molar-refractivity contribution is 7.15. The molecular formula is C18H16N4O2S. The van der Waals surface area contributed by atoms with E-state index in [1.807, 2.05) is 59.4 Å². The lowest BCUT2D eigenvalue weighted by Crippen LogP contribution is -2.25. The predicted molar refractivity (Wildman–Crippen MR) is 95.3 cm³/mol. The standard InChI is InChI=1S/C18H16N4O2S/c1-12-15(21-17(24-12)13-5-3-2-4-6-13)9-16(23)19-10-14-11-22-7-8-25-18(22)20-14/h2-8,11H,9-10H2,1H3,(H,19,23). The first-order valence-electron chi connectivity index (χ1n) is 7.88. The average molecular weight is 352 g/mol. The molecule has 25 heavy (non-hydrogen) atoms. The van der Waals surface area contributed by atoms with Crippen molar-refractivity contribution >= 4 is 22.2 Å². The van der Waals surface area contributed by atoms with E-state index in [0.29, 0.717) is 23.9 Å². The predicted octanol–water partition coefficient (Wildman–Crippen LogP) is 3.22. The van der Waals surface area contributed by atoms with Gasteiger partial charge in [-0.2, -0.15) is 0 Å². The first-order chi connectivity index (χ1) is 12.2. The Morgan fingerprint density at radius 1 is 1.28 bits per heavy atom. The molecule has 0 spiro atoms. The van der Waals surface area contributed by atoms with Gasteiger partial charge in [0.2, 0.25) is 11.8 Å². The minimum absolute atomic E-state index is 0.104. The number of hydrogen-bond acceptors (Lipinski definition) is 5. The van der Waals surface area contributed by atoms with E-state index < -0.39 is 0 Å². The molecule has 4 aromatic rings. The summed E-state index contributed by atoms with van der Waals surface area (Å²) >= 11 is 1.56. The Hall–Kier alpha value is -2.93. The van der Waals surface area contributed by atoms with Crippen LogP contribution in [0.15, 0.2) is 52.5 Å². The zero-order valence-electron chi connectivity index (χ0n) is 13.6. The van der Waals surface area contributed by atoms with E-state index in [2.05, 4.69) is 15.3 Å². The van der Waals surface area contributed by atoms with Crippen LogP contribution < -0.4 is 5.32 Å². The van der Waals surface area contributed by atoms with Gasteiger partial charge in [-0.3, -0.25) is 9.20 Å². The molecule has 0 unspecified atom stereocenters. The Morgan fingerprint density at radius 3 is 2.92 bits per heavy atom. The molecule has 0 saturated heterocycles. The van der Waals surface area contributed by atoms with Gasteiger partial charge < -0.3 is 9.73 Å². The van der Waals surface area contributed by atoms with Crippen molar-refractivity contribution in [2.24, 2.45) is 0 Å². The van der Waals surface area contributed by atoms with E-state index in [9.17, 15) is 4.79 Å². The average Bonchev–Trinajstić information content (AvgIpc) is 3.29. The van der Waals surface area contributed by atoms with Crippen LogP contribution in [-0.2, 0) is 17.8 Å². The van der Waals surface area contributed by atoms with Gasteiger partial charge in [-0.25, -0.2) is 9.97 Å². The molecule has 0 saturated carbocycles. The normalized spacial score (nSPS) is 11.1. The largest absolute Gasteiger partial charge is 0.441 e. The topological polar surface area (TPSA) is 72.4 Å². The van der Waals surface area contributed by atoms with E-state index in [0.717, 1.165) is 16.2 Å². The zero-order chi connectivity index (χ0) is 17.2. The number of aromatic nitrogens is 3. The molecular weight excluding hydrogens is 336 g/mol. The summed E-state index contributed by atoms with van der Waals surface area (Å²) in [5, 5.41) is 4.86. The summed E-state index contributed by atoms with van der Waals surface area (Å²) in [6.45, 7) is 2.22. The fourth-order valence-corrected chi connectivity index (χ4v) is 3.28. The van der Waals surface area contributed by atoms with Crippen LogP contribution in [0.4, 0.5) is 0 Å². The van der Waals surface area contributed by atoms with Gasteiger partial charge in [0.25, 0.3) is 0 Å². The summed E-state index contributed by atoms with van der Waals surface area (Å²) in [6.07, 6.45) is 4.05. The summed E-state index contributed by atoms with van der Waals surface area (Å²) in [7, 11) is 0. The number of amides is 1. The van der Waals surface area contributed by atoms with Crippen molar-refractivity contribution in [3.05, 3.63) is 65.3 Å². The molecule has 3 heterocycles. The maximum atomic E-state index is 12.2. The molecule has 6 nitrogen and oxygen atoms in total. The van der Waals surface area contributed by atoms with Crippen molar-refractivity contribution in [1.82, 2.24) is 19.7 Å². The Morgan fingerprint density at radius 2 is 2.12 bits per heavy atom. The summed E-state index contributed by atoms with van der Waals surface area (Å²) in [5.41, 5.74) is 2.39. The van der Waals surface area contributed by atoms with Crippen LogP contribution in [0.3, 0.4) is 0 Å². The molecule has 1 aromatic carbocycles. The van der Waals surface area contributed by atoms with Gasteiger partial charge in [0.1, 0.15) is 5.76 Å². The van der Waals surface area contributed by atoms with Gasteiger partial charge in [-0.05, 0) is 19.1 Å². The quantitative estimate of drug-likeness (QED) is 0.599. The number of carbonyl (C=O) groups excluding carboxylic acids is 1. The Kier molecular flexibility index (Phi) is 4.07. The lowest BCUT2D eigenvalue weighted by atomic mass is 10.2. The SMILES string of the molecule is Cc1oc(-c2ccccc2)nc1CC(=O)NCc1cn2ccsc2n1. The van der Waals surface area contributed by atoms with E-state index >= 15 is 0 Å². The maximum absolute atomic E-state index is 12.2. The number of hydrogen-bond donors (Lipinski definition) is 1. The van der Waals surface area contributed by atoms with Gasteiger partial charge in [0.05, 0.1) is 24.4 Å². The van der Waals surface area contributed by atoms with E-state index in [4.69, 9.17) is 4.42 Å². The molecule has 0 aliphatic heterocycles. The van der Waals surface area contributed by atoms with Gasteiger partial charge in [-0.15, -0.1) is 11.3 Å². The van der Waals surface area contributed by atoms with Crippen molar-refractivity contribution < 1.29 is 9.21 Å². The van der Waals surface area contributed by atoms with Crippen LogP contribution in [0.5, 0.6) is 0 Å². The number of fused-ring (bicyclic) bond motifs is 1. The van der Waals surface area contributed by atoms with E-state index in [-0.39, 0.29) is 12.3 Å². The lowest BCUT2D eigenvalue weighted by Gasteiger charge is -2.01. The summed E-state index contributed by atoms with van der Waals surface area (Å²) in [6, 6.07) is 9.65. The molecule has 0 fully saturated rings. The first-order valence-corrected chi connectivity index (χ1v) is 8.76. The third-order valence-corrected chi connectivity index (χ3v) is 4.62. The second-order valence-corrected chi connectivity index (χ2v) is 6.54. The summed E-state index contributed by atoms with van der Waals surface area (Å²) in [5.74, 6) is 1.10. The monoisotopic (exact) mass is 352 g/mol. The van der Waals surface area contributed by atoms with Gasteiger partial charge in [0.15, 0.2) is 4.96 Å². The molecule has 0 aliphatic rings. The van der Waals surface area contributed by atoms with Crippen molar-refractivity contribution in [3.63, 3.8) is 0 Å². The molecule has 0 radical (unpaired) electrons. The van der Waals surface area contributed by atoms with Crippen molar-refractivity contribution in [2.45, 2.75) is 19.9 Å². The maximum Gasteiger partial charge on any atom is 0.226 e. The molecule has 126 valence electrons. The molecule has 3 aromatic heterocycles. The van der Waals surface area contributed by atoms with Gasteiger partial charge in [-0.1, -0.05) is 18.2 Å². The van der Waals surface area contributed by atoms with Crippen LogP contribution in [-0.4, -0.2) is 20.3 Å². The molecule has 1 N–H and O–H groups in total. The Bertz CT molecular complexity index is 988. The highest BCUT2D eigenvalue weighted by Gasteiger charge is 2.15. The molecule has 0 atom stereocenters. The molecule has 4 rings (SSSR count). The molecule has 7 heteroatoms. The number of aryl methyl sites for hydroxylation is 1. The number of nitrogens with one attached hydrogen (secondary N) is 1. The number of thiazole rings is 1. The number of benzene rings is 1.